The first-order valence-corrected chi connectivity index (χ1v) is 11.1. The van der Waals surface area contributed by atoms with Gasteiger partial charge in [0, 0.05) is 23.8 Å². The maximum absolute atomic E-state index is 13.2. The molecule has 0 aliphatic heterocycles. The zero-order valence-corrected chi connectivity index (χ0v) is 19.0. The molecule has 4 rings (SSSR count). The number of hydrogen-bond donors (Lipinski definition) is 3. The lowest BCUT2D eigenvalue weighted by Crippen LogP contribution is -2.21. The number of fused-ring (bicyclic) bond motifs is 1. The average molecular weight is 498 g/mol. The number of carbonyl (C=O) groups excluding carboxylic acids is 1. The van der Waals surface area contributed by atoms with Crippen LogP contribution in [0.1, 0.15) is 31.2 Å². The Balaban J connectivity index is 1.67. The van der Waals surface area contributed by atoms with Crippen LogP contribution in [0, 0.1) is 0 Å². The number of benzene rings is 1. The van der Waals surface area contributed by atoms with Crippen LogP contribution >= 0.6 is 11.6 Å². The Kier molecular flexibility index (Phi) is 6.96. The van der Waals surface area contributed by atoms with Gasteiger partial charge in [0.25, 0.3) is 0 Å². The van der Waals surface area contributed by atoms with E-state index < -0.39 is 17.8 Å². The number of imidazole rings is 1. The van der Waals surface area contributed by atoms with Crippen molar-refractivity contribution < 1.29 is 22.7 Å². The number of rotatable bonds is 7. The summed E-state index contributed by atoms with van der Waals surface area (Å²) in [5.41, 5.74) is 0.0749. The molecule has 2 aromatic heterocycles. The molecule has 1 saturated carbocycles. The molecule has 34 heavy (non-hydrogen) atoms. The number of halogens is 4. The zero-order valence-electron chi connectivity index (χ0n) is 18.2. The Hall–Kier alpha value is -3.28. The lowest BCUT2D eigenvalue weighted by molar-refractivity contribution is -0.137. The van der Waals surface area contributed by atoms with E-state index in [0.29, 0.717) is 17.1 Å². The molecule has 1 aliphatic rings. The normalized spacial score (nSPS) is 14.4. The highest BCUT2D eigenvalue weighted by Crippen LogP contribution is 2.34. The van der Waals surface area contributed by atoms with E-state index in [-0.39, 0.29) is 35.9 Å². The van der Waals surface area contributed by atoms with Crippen molar-refractivity contribution in [3.05, 3.63) is 35.0 Å². The number of ether oxygens (including phenoxy) is 1. The highest BCUT2D eigenvalue weighted by molar-refractivity contribution is 6.31. The van der Waals surface area contributed by atoms with Gasteiger partial charge in [-0.3, -0.25) is 4.57 Å². The molecular weight excluding hydrogens is 475 g/mol. The van der Waals surface area contributed by atoms with Gasteiger partial charge in [0.15, 0.2) is 5.65 Å². The largest absolute Gasteiger partial charge is 0.448 e. The minimum absolute atomic E-state index is 0.0153. The molecule has 182 valence electrons. The predicted octanol–water partition coefficient (Wildman–Crippen LogP) is 4.95. The fraction of sp³-hybridized carbons (Fsp3) is 0.429. The van der Waals surface area contributed by atoms with Crippen molar-refractivity contribution in [3.8, 4) is 0 Å². The molecule has 0 unspecified atom stereocenters. The highest BCUT2D eigenvalue weighted by atomic mass is 35.5. The molecule has 0 saturated heterocycles. The molecule has 1 fully saturated rings. The van der Waals surface area contributed by atoms with Gasteiger partial charge in [0.2, 0.25) is 11.9 Å². The highest BCUT2D eigenvalue weighted by Gasteiger charge is 2.31. The van der Waals surface area contributed by atoms with E-state index in [0.717, 1.165) is 37.8 Å². The molecule has 1 aromatic carbocycles. The second kappa shape index (κ2) is 9.92. The fourth-order valence-corrected chi connectivity index (χ4v) is 4.04. The van der Waals surface area contributed by atoms with Gasteiger partial charge in [-0.1, -0.05) is 24.4 Å². The van der Waals surface area contributed by atoms with Crippen LogP contribution in [0.2, 0.25) is 5.02 Å². The number of aromatic nitrogens is 4. The van der Waals surface area contributed by atoms with Gasteiger partial charge in [-0.15, -0.1) is 0 Å². The third kappa shape index (κ3) is 5.61. The van der Waals surface area contributed by atoms with Crippen molar-refractivity contribution in [2.75, 3.05) is 24.3 Å². The molecule has 0 atom stereocenters. The van der Waals surface area contributed by atoms with Crippen LogP contribution in [-0.4, -0.2) is 45.3 Å². The summed E-state index contributed by atoms with van der Waals surface area (Å²) in [6.07, 6.45) is 0.717. The van der Waals surface area contributed by atoms with E-state index in [2.05, 4.69) is 30.9 Å². The van der Waals surface area contributed by atoms with Crippen molar-refractivity contribution in [1.29, 1.82) is 0 Å². The van der Waals surface area contributed by atoms with Gasteiger partial charge >= 0.3 is 12.3 Å². The number of amides is 1. The first kappa shape index (κ1) is 23.9. The lowest BCUT2D eigenvalue weighted by Gasteiger charge is -2.14. The van der Waals surface area contributed by atoms with Crippen LogP contribution in [-0.2, 0) is 17.5 Å². The minimum atomic E-state index is -4.56. The first-order valence-electron chi connectivity index (χ1n) is 10.7. The summed E-state index contributed by atoms with van der Waals surface area (Å²) in [6.45, 7) is 0.136. The average Bonchev–Trinajstić information content (AvgIpc) is 3.40. The van der Waals surface area contributed by atoms with Gasteiger partial charge in [-0.05, 0) is 31.0 Å². The van der Waals surface area contributed by atoms with Crippen molar-refractivity contribution in [3.63, 3.8) is 0 Å². The second-order valence-corrected chi connectivity index (χ2v) is 8.29. The van der Waals surface area contributed by atoms with E-state index >= 15 is 0 Å². The molecular formula is C21H23ClF3N7O2. The van der Waals surface area contributed by atoms with Crippen LogP contribution in [0.25, 0.3) is 11.2 Å². The van der Waals surface area contributed by atoms with Gasteiger partial charge in [-0.2, -0.15) is 18.2 Å². The Labute approximate surface area is 198 Å². The summed E-state index contributed by atoms with van der Waals surface area (Å²) in [5.74, 6) is 0.639. The lowest BCUT2D eigenvalue weighted by atomic mass is 10.2. The van der Waals surface area contributed by atoms with Crippen LogP contribution in [0.4, 0.5) is 35.5 Å². The standard InChI is InChI=1S/C21H23ClF3N7O2/c1-26-20(33)34-7-6-32-17-16(11-27-18(31-17)28-14-4-2-3-5-14)30-19(32)29-15-9-12(21(23,24)25)8-13(22)10-15/h8-11,14H,2-7H2,1H3,(H,26,33)(H,29,30)(H,27,28,31). The van der Waals surface area contributed by atoms with Crippen molar-refractivity contribution in [2.24, 2.45) is 0 Å². The van der Waals surface area contributed by atoms with E-state index in [1.54, 1.807) is 10.8 Å². The topological polar surface area (TPSA) is 106 Å². The number of nitrogens with one attached hydrogen (secondary N) is 3. The van der Waals surface area contributed by atoms with Crippen LogP contribution in [0.5, 0.6) is 0 Å². The summed E-state index contributed by atoms with van der Waals surface area (Å²) in [5, 5.41) is 8.47. The molecule has 3 aromatic rings. The van der Waals surface area contributed by atoms with Crippen molar-refractivity contribution >= 4 is 46.4 Å². The van der Waals surface area contributed by atoms with Gasteiger partial charge in [0.05, 0.1) is 18.3 Å². The number of hydrogen-bond acceptors (Lipinski definition) is 7. The van der Waals surface area contributed by atoms with E-state index in [1.807, 2.05) is 0 Å². The van der Waals surface area contributed by atoms with Gasteiger partial charge in [0.1, 0.15) is 12.1 Å². The number of alkyl carbamates (subject to hydrolysis) is 1. The zero-order chi connectivity index (χ0) is 24.3. The van der Waals surface area contributed by atoms with Crippen molar-refractivity contribution in [1.82, 2.24) is 24.8 Å². The molecule has 2 heterocycles. The Bertz CT molecular complexity index is 1180. The summed E-state index contributed by atoms with van der Waals surface area (Å²) < 4.78 is 46.4. The van der Waals surface area contributed by atoms with E-state index in [4.69, 9.17) is 16.3 Å². The molecule has 0 spiro atoms. The maximum Gasteiger partial charge on any atom is 0.416 e. The van der Waals surface area contributed by atoms with Gasteiger partial charge < -0.3 is 20.7 Å². The molecule has 13 heteroatoms. The number of carbonyl (C=O) groups is 1. The maximum atomic E-state index is 13.2. The Morgan fingerprint density at radius 1 is 1.24 bits per heavy atom. The summed E-state index contributed by atoms with van der Waals surface area (Å²) in [6, 6.07) is 3.44. The SMILES string of the molecule is CNC(=O)OCCn1c(Nc2cc(Cl)cc(C(F)(F)F)c2)nc2cnc(NC3CCCC3)nc21. The predicted molar refractivity (Wildman–Crippen MR) is 121 cm³/mol. The Morgan fingerprint density at radius 3 is 2.71 bits per heavy atom. The monoisotopic (exact) mass is 497 g/mol. The number of nitrogens with zero attached hydrogens (tertiary/aromatic N) is 4. The molecule has 9 nitrogen and oxygen atoms in total. The minimum Gasteiger partial charge on any atom is -0.448 e. The van der Waals surface area contributed by atoms with Gasteiger partial charge in [-0.25, -0.2) is 14.8 Å². The summed E-state index contributed by atoms with van der Waals surface area (Å²) in [4.78, 5) is 24.8. The first-order chi connectivity index (χ1) is 16.2. The number of alkyl halides is 3. The van der Waals surface area contributed by atoms with Crippen LogP contribution in [0.3, 0.4) is 0 Å². The molecule has 3 N–H and O–H groups in total. The molecule has 1 aliphatic carbocycles. The summed E-state index contributed by atoms with van der Waals surface area (Å²) >= 11 is 5.91. The Morgan fingerprint density at radius 2 is 2.00 bits per heavy atom. The van der Waals surface area contributed by atoms with Crippen LogP contribution in [0.15, 0.2) is 24.4 Å². The van der Waals surface area contributed by atoms with E-state index in [9.17, 15) is 18.0 Å². The third-order valence-electron chi connectivity index (χ3n) is 5.41. The molecule has 1 amide bonds. The smallest absolute Gasteiger partial charge is 0.416 e. The van der Waals surface area contributed by atoms with Crippen LogP contribution < -0.4 is 16.0 Å². The fourth-order valence-electron chi connectivity index (χ4n) is 3.80. The summed E-state index contributed by atoms with van der Waals surface area (Å²) in [7, 11) is 1.44. The molecule has 0 radical (unpaired) electrons. The quantitative estimate of drug-likeness (QED) is 0.424. The number of anilines is 3. The molecule has 0 bridgehead atoms. The van der Waals surface area contributed by atoms with Crippen molar-refractivity contribution in [2.45, 2.75) is 44.4 Å². The third-order valence-corrected chi connectivity index (χ3v) is 5.63. The second-order valence-electron chi connectivity index (χ2n) is 7.85. The van der Waals surface area contributed by atoms with E-state index in [1.165, 1.54) is 13.1 Å².